The van der Waals surface area contributed by atoms with Crippen molar-refractivity contribution in [1.82, 2.24) is 9.88 Å². The lowest BCUT2D eigenvalue weighted by atomic mass is 9.99. The molecule has 0 saturated carbocycles. The normalized spacial score (nSPS) is 18.6. The van der Waals surface area contributed by atoms with Crippen LogP contribution in [-0.2, 0) is 0 Å². The lowest BCUT2D eigenvalue weighted by Gasteiger charge is -2.35. The number of carbonyl (C=O) groups excluding carboxylic acids is 1. The van der Waals surface area contributed by atoms with Crippen LogP contribution in [0.3, 0.4) is 0 Å². The molecule has 0 bridgehead atoms. The van der Waals surface area contributed by atoms with Gasteiger partial charge in [0, 0.05) is 31.0 Å². The van der Waals surface area contributed by atoms with Gasteiger partial charge in [0.05, 0.1) is 11.3 Å². The van der Waals surface area contributed by atoms with Crippen LogP contribution in [0.4, 0.5) is 5.69 Å². The molecule has 1 atom stereocenters. The number of aryl methyl sites for hydroxylation is 1. The summed E-state index contributed by atoms with van der Waals surface area (Å²) in [7, 11) is 0. The number of hydrogen-bond donors (Lipinski definition) is 1. The highest BCUT2D eigenvalue weighted by atomic mass is 16.2. The molecule has 1 fully saturated rings. The molecule has 2 heterocycles. The fraction of sp³-hybridized carbons (Fsp3) is 0.647. The number of hydrogen-bond acceptors (Lipinski definition) is 3. The summed E-state index contributed by atoms with van der Waals surface area (Å²) in [4.78, 5) is 19.3. The average Bonchev–Trinajstić information content (AvgIpc) is 2.52. The standard InChI is InChI=1S/C17H27N3O/c1-4-9-18-16-11-13(3)19-12-15(16)17(21)20-10-7-6-8-14(20)5-2/h11-12,14H,4-10H2,1-3H3,(H,18,19). The van der Waals surface area contributed by atoms with Crippen LogP contribution in [0.2, 0.25) is 0 Å². The van der Waals surface area contributed by atoms with Gasteiger partial charge in [0.1, 0.15) is 0 Å². The summed E-state index contributed by atoms with van der Waals surface area (Å²) < 4.78 is 0. The van der Waals surface area contributed by atoms with Crippen LogP contribution in [0.15, 0.2) is 12.3 Å². The zero-order valence-electron chi connectivity index (χ0n) is 13.5. The smallest absolute Gasteiger partial charge is 0.257 e. The van der Waals surface area contributed by atoms with Crippen molar-refractivity contribution in [2.45, 2.75) is 58.9 Å². The Hall–Kier alpha value is -1.58. The highest BCUT2D eigenvalue weighted by molar-refractivity contribution is 5.99. The Morgan fingerprint density at radius 2 is 2.24 bits per heavy atom. The number of amides is 1. The van der Waals surface area contributed by atoms with E-state index in [2.05, 4.69) is 24.1 Å². The molecule has 2 rings (SSSR count). The first kappa shape index (κ1) is 15.8. The number of carbonyl (C=O) groups is 1. The molecule has 0 aliphatic carbocycles. The van der Waals surface area contributed by atoms with Crippen LogP contribution in [0, 0.1) is 6.92 Å². The Balaban J connectivity index is 2.24. The van der Waals surface area contributed by atoms with Gasteiger partial charge in [0.25, 0.3) is 5.91 Å². The minimum Gasteiger partial charge on any atom is -0.384 e. The first-order valence-electron chi connectivity index (χ1n) is 8.18. The van der Waals surface area contributed by atoms with Crippen LogP contribution in [-0.4, -0.2) is 34.9 Å². The molecule has 21 heavy (non-hydrogen) atoms. The highest BCUT2D eigenvalue weighted by Crippen LogP contribution is 2.25. The van der Waals surface area contributed by atoms with Gasteiger partial charge >= 0.3 is 0 Å². The van der Waals surface area contributed by atoms with Crippen molar-refractivity contribution in [2.24, 2.45) is 0 Å². The van der Waals surface area contributed by atoms with Crippen molar-refractivity contribution in [3.63, 3.8) is 0 Å². The van der Waals surface area contributed by atoms with E-state index in [0.29, 0.717) is 6.04 Å². The van der Waals surface area contributed by atoms with Crippen molar-refractivity contribution in [3.05, 3.63) is 23.5 Å². The number of piperidine rings is 1. The third kappa shape index (κ3) is 3.74. The molecule has 0 radical (unpaired) electrons. The lowest BCUT2D eigenvalue weighted by molar-refractivity contribution is 0.0608. The van der Waals surface area contributed by atoms with Crippen LogP contribution >= 0.6 is 0 Å². The second-order valence-corrected chi connectivity index (χ2v) is 5.85. The van der Waals surface area contributed by atoms with E-state index >= 15 is 0 Å². The summed E-state index contributed by atoms with van der Waals surface area (Å²) >= 11 is 0. The van der Waals surface area contributed by atoms with Crippen LogP contribution in [0.5, 0.6) is 0 Å². The Labute approximate surface area is 127 Å². The van der Waals surface area contributed by atoms with E-state index < -0.39 is 0 Å². The number of nitrogens with one attached hydrogen (secondary N) is 1. The largest absolute Gasteiger partial charge is 0.384 e. The molecule has 0 spiro atoms. The SMILES string of the molecule is CCCNc1cc(C)ncc1C(=O)N1CCCCC1CC. The summed E-state index contributed by atoms with van der Waals surface area (Å²) in [5.74, 6) is 0.132. The van der Waals surface area contributed by atoms with E-state index in [1.54, 1.807) is 6.20 Å². The fourth-order valence-electron chi connectivity index (χ4n) is 2.98. The second kappa shape index (κ2) is 7.43. The summed E-state index contributed by atoms with van der Waals surface area (Å²) in [5, 5.41) is 3.37. The summed E-state index contributed by atoms with van der Waals surface area (Å²) in [6, 6.07) is 2.36. The molecule has 1 saturated heterocycles. The van der Waals surface area contributed by atoms with Gasteiger partial charge in [-0.05, 0) is 45.1 Å². The summed E-state index contributed by atoms with van der Waals surface area (Å²) in [5.41, 5.74) is 2.58. The molecular formula is C17H27N3O. The lowest BCUT2D eigenvalue weighted by Crippen LogP contribution is -2.43. The molecule has 4 nitrogen and oxygen atoms in total. The third-order valence-corrected chi connectivity index (χ3v) is 4.20. The van der Waals surface area contributed by atoms with E-state index in [1.807, 2.05) is 17.9 Å². The quantitative estimate of drug-likeness (QED) is 0.900. The average molecular weight is 289 g/mol. The van der Waals surface area contributed by atoms with E-state index in [-0.39, 0.29) is 5.91 Å². The molecule has 1 amide bonds. The second-order valence-electron chi connectivity index (χ2n) is 5.85. The predicted molar refractivity (Wildman–Crippen MR) is 86.7 cm³/mol. The molecule has 1 aliphatic rings. The first-order chi connectivity index (χ1) is 10.2. The van der Waals surface area contributed by atoms with Gasteiger partial charge in [-0.3, -0.25) is 9.78 Å². The van der Waals surface area contributed by atoms with Gasteiger partial charge in [-0.2, -0.15) is 0 Å². The minimum atomic E-state index is 0.132. The maximum absolute atomic E-state index is 12.9. The fourth-order valence-corrected chi connectivity index (χ4v) is 2.98. The van der Waals surface area contributed by atoms with Crippen molar-refractivity contribution < 1.29 is 4.79 Å². The molecule has 1 aromatic rings. The first-order valence-corrected chi connectivity index (χ1v) is 8.18. The number of anilines is 1. The van der Waals surface area contributed by atoms with E-state index in [1.165, 1.54) is 6.42 Å². The Morgan fingerprint density at radius 3 is 2.95 bits per heavy atom. The van der Waals surface area contributed by atoms with Crippen molar-refractivity contribution in [3.8, 4) is 0 Å². The monoisotopic (exact) mass is 289 g/mol. The molecule has 1 N–H and O–H groups in total. The van der Waals surface area contributed by atoms with Gasteiger partial charge in [-0.25, -0.2) is 0 Å². The number of nitrogens with zero attached hydrogens (tertiary/aromatic N) is 2. The molecular weight excluding hydrogens is 262 g/mol. The number of aromatic nitrogens is 1. The van der Waals surface area contributed by atoms with Gasteiger partial charge in [0.15, 0.2) is 0 Å². The minimum absolute atomic E-state index is 0.132. The molecule has 1 unspecified atom stereocenters. The zero-order chi connectivity index (χ0) is 15.2. The predicted octanol–water partition coefficient (Wildman–Crippen LogP) is 3.62. The van der Waals surface area contributed by atoms with Gasteiger partial charge in [-0.15, -0.1) is 0 Å². The zero-order valence-corrected chi connectivity index (χ0v) is 13.5. The van der Waals surface area contributed by atoms with Crippen molar-refractivity contribution >= 4 is 11.6 Å². The third-order valence-electron chi connectivity index (χ3n) is 4.20. The summed E-state index contributed by atoms with van der Waals surface area (Å²) in [6.07, 6.45) is 7.27. The van der Waals surface area contributed by atoms with Gasteiger partial charge in [-0.1, -0.05) is 13.8 Å². The van der Waals surface area contributed by atoms with Crippen LogP contribution in [0.25, 0.3) is 0 Å². The van der Waals surface area contributed by atoms with Crippen LogP contribution < -0.4 is 5.32 Å². The highest BCUT2D eigenvalue weighted by Gasteiger charge is 2.27. The number of rotatable bonds is 5. The number of likely N-dealkylation sites (tertiary alicyclic amines) is 1. The number of pyridine rings is 1. The van der Waals surface area contributed by atoms with Crippen molar-refractivity contribution in [2.75, 3.05) is 18.4 Å². The summed E-state index contributed by atoms with van der Waals surface area (Å²) in [6.45, 7) is 8.00. The van der Waals surface area contributed by atoms with Gasteiger partial charge in [0.2, 0.25) is 0 Å². The Kier molecular flexibility index (Phi) is 5.59. The van der Waals surface area contributed by atoms with Crippen molar-refractivity contribution in [1.29, 1.82) is 0 Å². The maximum Gasteiger partial charge on any atom is 0.257 e. The molecule has 1 aliphatic heterocycles. The van der Waals surface area contributed by atoms with E-state index in [9.17, 15) is 4.79 Å². The molecule has 1 aromatic heterocycles. The topological polar surface area (TPSA) is 45.2 Å². The maximum atomic E-state index is 12.9. The Bertz CT molecular complexity index is 487. The van der Waals surface area contributed by atoms with E-state index in [0.717, 1.165) is 55.7 Å². The molecule has 116 valence electrons. The van der Waals surface area contributed by atoms with E-state index in [4.69, 9.17) is 0 Å². The molecule has 0 aromatic carbocycles. The van der Waals surface area contributed by atoms with Crippen LogP contribution in [0.1, 0.15) is 62.0 Å². The van der Waals surface area contributed by atoms with Gasteiger partial charge < -0.3 is 10.2 Å². The Morgan fingerprint density at radius 1 is 1.43 bits per heavy atom. The molecule has 4 heteroatoms.